The Labute approximate surface area is 131 Å². The fourth-order valence-electron chi connectivity index (χ4n) is 2.28. The summed E-state index contributed by atoms with van der Waals surface area (Å²) in [5.74, 6) is 1.82. The number of nitrogens with one attached hydrogen (secondary N) is 1. The number of unbranched alkanes of at least 4 members (excludes halogenated alkanes) is 3. The minimum Gasteiger partial charge on any atom is -0.494 e. The Kier molecular flexibility index (Phi) is 9.98. The lowest BCUT2D eigenvalue weighted by Crippen LogP contribution is -2.14. The molecule has 1 N–H and O–H groups in total. The third-order valence-corrected chi connectivity index (χ3v) is 3.65. The van der Waals surface area contributed by atoms with Crippen molar-refractivity contribution < 1.29 is 4.74 Å². The van der Waals surface area contributed by atoms with Crippen LogP contribution in [0.5, 0.6) is 5.75 Å². The molecule has 0 atom stereocenters. The van der Waals surface area contributed by atoms with Gasteiger partial charge in [-0.1, -0.05) is 58.6 Å². The topological polar surface area (TPSA) is 21.3 Å². The Hall–Kier alpha value is -1.02. The van der Waals surface area contributed by atoms with E-state index in [0.29, 0.717) is 0 Å². The van der Waals surface area contributed by atoms with Crippen molar-refractivity contribution in [3.05, 3.63) is 29.8 Å². The standard InChI is InChI=1S/C19H33NO/c1-4-5-8-15-21-19-12-10-18(11-13-19)16-20-14-7-6-9-17(2)3/h10-13,17,20H,4-9,14-16H2,1-3H3. The molecule has 0 saturated carbocycles. The van der Waals surface area contributed by atoms with E-state index in [1.54, 1.807) is 0 Å². The van der Waals surface area contributed by atoms with Crippen LogP contribution >= 0.6 is 0 Å². The highest BCUT2D eigenvalue weighted by Gasteiger charge is 1.97. The van der Waals surface area contributed by atoms with Gasteiger partial charge in [0, 0.05) is 6.54 Å². The van der Waals surface area contributed by atoms with Crippen molar-refractivity contribution in [3.63, 3.8) is 0 Å². The number of rotatable bonds is 12. The van der Waals surface area contributed by atoms with Crippen LogP contribution in [0.4, 0.5) is 0 Å². The number of benzene rings is 1. The van der Waals surface area contributed by atoms with E-state index >= 15 is 0 Å². The summed E-state index contributed by atoms with van der Waals surface area (Å²) < 4.78 is 5.72. The van der Waals surface area contributed by atoms with Crippen LogP contribution in [0, 0.1) is 5.92 Å². The zero-order valence-corrected chi connectivity index (χ0v) is 14.2. The molecule has 0 fully saturated rings. The van der Waals surface area contributed by atoms with Gasteiger partial charge in [0.2, 0.25) is 0 Å². The Morgan fingerprint density at radius 2 is 1.76 bits per heavy atom. The van der Waals surface area contributed by atoms with Gasteiger partial charge >= 0.3 is 0 Å². The maximum atomic E-state index is 5.72. The Bertz CT molecular complexity index is 345. The molecular formula is C19H33NO. The number of hydrogen-bond donors (Lipinski definition) is 1. The van der Waals surface area contributed by atoms with Gasteiger partial charge < -0.3 is 10.1 Å². The van der Waals surface area contributed by atoms with E-state index in [0.717, 1.165) is 37.8 Å². The molecule has 0 saturated heterocycles. The summed E-state index contributed by atoms with van der Waals surface area (Å²) in [6.07, 6.45) is 7.58. The molecule has 0 unspecified atom stereocenters. The van der Waals surface area contributed by atoms with E-state index in [9.17, 15) is 0 Å². The van der Waals surface area contributed by atoms with Crippen molar-refractivity contribution in [1.82, 2.24) is 5.32 Å². The van der Waals surface area contributed by atoms with Crippen molar-refractivity contribution >= 4 is 0 Å². The first-order valence-electron chi connectivity index (χ1n) is 8.64. The van der Waals surface area contributed by atoms with Gasteiger partial charge in [0.1, 0.15) is 5.75 Å². The minimum absolute atomic E-state index is 0.829. The van der Waals surface area contributed by atoms with E-state index in [-0.39, 0.29) is 0 Å². The van der Waals surface area contributed by atoms with Gasteiger partial charge in [-0.2, -0.15) is 0 Å². The van der Waals surface area contributed by atoms with Crippen molar-refractivity contribution in [1.29, 1.82) is 0 Å². The van der Waals surface area contributed by atoms with Crippen molar-refractivity contribution in [2.45, 2.75) is 65.8 Å². The molecule has 0 amide bonds. The molecule has 2 heteroatoms. The molecule has 0 heterocycles. The first-order valence-corrected chi connectivity index (χ1v) is 8.64. The molecule has 120 valence electrons. The molecule has 21 heavy (non-hydrogen) atoms. The average Bonchev–Trinajstić information content (AvgIpc) is 2.48. The second kappa shape index (κ2) is 11.6. The first kappa shape index (κ1) is 18.0. The summed E-state index contributed by atoms with van der Waals surface area (Å²) in [4.78, 5) is 0. The Balaban J connectivity index is 2.10. The van der Waals surface area contributed by atoms with E-state index in [1.807, 2.05) is 0 Å². The molecule has 0 spiro atoms. The molecular weight excluding hydrogens is 258 g/mol. The largest absolute Gasteiger partial charge is 0.494 e. The zero-order chi connectivity index (χ0) is 15.3. The molecule has 1 aromatic rings. The quantitative estimate of drug-likeness (QED) is 0.536. The van der Waals surface area contributed by atoms with Crippen molar-refractivity contribution in [2.75, 3.05) is 13.2 Å². The molecule has 0 radical (unpaired) electrons. The molecule has 0 aromatic heterocycles. The van der Waals surface area contributed by atoms with Gasteiger partial charge in [-0.15, -0.1) is 0 Å². The summed E-state index contributed by atoms with van der Waals surface area (Å²) in [5, 5.41) is 3.51. The van der Waals surface area contributed by atoms with E-state index in [1.165, 1.54) is 37.7 Å². The molecule has 0 aliphatic carbocycles. The number of ether oxygens (including phenoxy) is 1. The van der Waals surface area contributed by atoms with Gasteiger partial charge in [0.05, 0.1) is 6.61 Å². The van der Waals surface area contributed by atoms with Gasteiger partial charge in [0.15, 0.2) is 0 Å². The van der Waals surface area contributed by atoms with Crippen LogP contribution in [0.15, 0.2) is 24.3 Å². The van der Waals surface area contributed by atoms with Crippen LogP contribution in [-0.4, -0.2) is 13.2 Å². The monoisotopic (exact) mass is 291 g/mol. The average molecular weight is 291 g/mol. The third-order valence-electron chi connectivity index (χ3n) is 3.65. The normalized spacial score (nSPS) is 11.0. The summed E-state index contributed by atoms with van der Waals surface area (Å²) in [7, 11) is 0. The van der Waals surface area contributed by atoms with E-state index in [2.05, 4.69) is 50.4 Å². The van der Waals surface area contributed by atoms with Gasteiger partial charge in [-0.05, 0) is 43.0 Å². The summed E-state index contributed by atoms with van der Waals surface area (Å²) >= 11 is 0. The second-order valence-corrected chi connectivity index (χ2v) is 6.27. The minimum atomic E-state index is 0.829. The number of hydrogen-bond acceptors (Lipinski definition) is 2. The van der Waals surface area contributed by atoms with Crippen LogP contribution in [0.3, 0.4) is 0 Å². The van der Waals surface area contributed by atoms with E-state index < -0.39 is 0 Å². The van der Waals surface area contributed by atoms with Crippen LogP contribution < -0.4 is 10.1 Å². The lowest BCUT2D eigenvalue weighted by Gasteiger charge is -2.08. The fourth-order valence-corrected chi connectivity index (χ4v) is 2.28. The molecule has 0 aliphatic heterocycles. The smallest absolute Gasteiger partial charge is 0.119 e. The van der Waals surface area contributed by atoms with Gasteiger partial charge in [0.25, 0.3) is 0 Å². The van der Waals surface area contributed by atoms with E-state index in [4.69, 9.17) is 4.74 Å². The van der Waals surface area contributed by atoms with Gasteiger partial charge in [-0.3, -0.25) is 0 Å². The zero-order valence-electron chi connectivity index (χ0n) is 14.2. The highest BCUT2D eigenvalue weighted by atomic mass is 16.5. The van der Waals surface area contributed by atoms with Crippen molar-refractivity contribution in [3.8, 4) is 5.75 Å². The highest BCUT2D eigenvalue weighted by Crippen LogP contribution is 2.13. The Morgan fingerprint density at radius 3 is 2.43 bits per heavy atom. The van der Waals surface area contributed by atoms with Gasteiger partial charge in [-0.25, -0.2) is 0 Å². The second-order valence-electron chi connectivity index (χ2n) is 6.27. The molecule has 0 bridgehead atoms. The Morgan fingerprint density at radius 1 is 1.00 bits per heavy atom. The van der Waals surface area contributed by atoms with Crippen LogP contribution in [0.25, 0.3) is 0 Å². The van der Waals surface area contributed by atoms with Crippen molar-refractivity contribution in [2.24, 2.45) is 5.92 Å². The summed E-state index contributed by atoms with van der Waals surface area (Å²) in [5.41, 5.74) is 1.33. The molecule has 2 nitrogen and oxygen atoms in total. The maximum absolute atomic E-state index is 5.72. The lowest BCUT2D eigenvalue weighted by atomic mass is 10.1. The van der Waals surface area contributed by atoms with Crippen LogP contribution in [-0.2, 0) is 6.54 Å². The molecule has 1 aromatic carbocycles. The summed E-state index contributed by atoms with van der Waals surface area (Å²) in [6, 6.07) is 8.50. The maximum Gasteiger partial charge on any atom is 0.119 e. The SMILES string of the molecule is CCCCCOc1ccc(CNCCCCC(C)C)cc1. The predicted molar refractivity (Wildman–Crippen MR) is 91.9 cm³/mol. The third kappa shape index (κ3) is 9.52. The highest BCUT2D eigenvalue weighted by molar-refractivity contribution is 5.27. The molecule has 0 aliphatic rings. The first-order chi connectivity index (χ1) is 10.2. The van der Waals surface area contributed by atoms with Crippen LogP contribution in [0.1, 0.15) is 64.9 Å². The lowest BCUT2D eigenvalue weighted by molar-refractivity contribution is 0.306. The predicted octanol–water partition coefficient (Wildman–Crippen LogP) is 5.17. The fraction of sp³-hybridized carbons (Fsp3) is 0.684. The van der Waals surface area contributed by atoms with Crippen LogP contribution in [0.2, 0.25) is 0 Å². The molecule has 1 rings (SSSR count). The summed E-state index contributed by atoms with van der Waals surface area (Å²) in [6.45, 7) is 9.70.